The van der Waals surface area contributed by atoms with Crippen LogP contribution < -0.4 is 0 Å². The van der Waals surface area contributed by atoms with E-state index in [9.17, 15) is 0 Å². The van der Waals surface area contributed by atoms with Crippen LogP contribution in [-0.4, -0.2) is 29.7 Å². The van der Waals surface area contributed by atoms with E-state index < -0.39 is 0 Å². The molecule has 1 rings (SSSR count). The number of unbranched alkanes of at least 4 members (excludes halogenated alkanes) is 10. The van der Waals surface area contributed by atoms with Crippen LogP contribution in [0, 0.1) is 11.5 Å². The van der Waals surface area contributed by atoms with Gasteiger partial charge in [-0.3, -0.25) is 0 Å². The molecule has 0 saturated carbocycles. The summed E-state index contributed by atoms with van der Waals surface area (Å²) < 4.78 is 11.3. The first-order valence-corrected chi connectivity index (χ1v) is 10.6. The van der Waals surface area contributed by atoms with Crippen molar-refractivity contribution in [2.45, 2.75) is 96.2 Å². The zero-order chi connectivity index (χ0) is 15.7. The first-order valence-electron chi connectivity index (χ1n) is 9.56. The van der Waals surface area contributed by atoms with E-state index in [1.807, 2.05) is 0 Å². The average Bonchev–Trinajstić information content (AvgIpc) is 2.56. The molecule has 0 aliphatic carbocycles. The molecule has 1 aliphatic rings. The third kappa shape index (κ3) is 12.3. The summed E-state index contributed by atoms with van der Waals surface area (Å²) in [4.78, 5) is 0. The van der Waals surface area contributed by atoms with Crippen molar-refractivity contribution in [3.05, 3.63) is 0 Å². The maximum Gasteiger partial charge on any atom is 0.157 e. The van der Waals surface area contributed by atoms with Crippen molar-refractivity contribution in [3.8, 4) is 11.5 Å². The zero-order valence-corrected chi connectivity index (χ0v) is 16.7. The number of hydrogen-bond donors (Lipinski definition) is 0. The fourth-order valence-electron chi connectivity index (χ4n) is 2.91. The van der Waals surface area contributed by atoms with E-state index in [0.29, 0.717) is 0 Å². The molecule has 0 spiro atoms. The van der Waals surface area contributed by atoms with Gasteiger partial charge >= 0.3 is 0 Å². The Morgan fingerprint density at radius 2 is 1.50 bits per heavy atom. The lowest BCUT2D eigenvalue weighted by atomic mass is 10.1. The molecule has 0 amide bonds. The summed E-state index contributed by atoms with van der Waals surface area (Å²) >= 11 is 0. The van der Waals surface area contributed by atoms with Gasteiger partial charge in [0.05, 0.1) is 10.2 Å². The second-order valence-corrected chi connectivity index (χ2v) is 6.88. The lowest BCUT2D eigenvalue weighted by molar-refractivity contribution is -0.162. The second kappa shape index (κ2) is 15.6. The van der Waals surface area contributed by atoms with Gasteiger partial charge in [-0.2, -0.15) is 0 Å². The topological polar surface area (TPSA) is 18.5 Å². The van der Waals surface area contributed by atoms with E-state index in [4.69, 9.17) is 9.47 Å². The Labute approximate surface area is 141 Å². The van der Waals surface area contributed by atoms with Crippen LogP contribution >= 0.6 is 0 Å². The number of ether oxygens (including phenoxy) is 2. The first-order chi connectivity index (χ1) is 10.9. The molecule has 1 saturated heterocycles. The monoisotopic (exact) mass is 324 g/mol. The smallest absolute Gasteiger partial charge is 0.157 e. The summed E-state index contributed by atoms with van der Waals surface area (Å²) in [5, 5.41) is 0. The largest absolute Gasteiger partial charge is 0.353 e. The molecular weight excluding hydrogens is 288 g/mol. The molecule has 1 unspecified atom stereocenters. The predicted molar refractivity (Wildman–Crippen MR) is 98.0 cm³/mol. The molecule has 1 aliphatic heterocycles. The van der Waals surface area contributed by atoms with Crippen molar-refractivity contribution in [3.63, 3.8) is 0 Å². The van der Waals surface area contributed by atoms with Crippen LogP contribution in [0.5, 0.6) is 0 Å². The molecule has 0 N–H and O–H groups in total. The highest BCUT2D eigenvalue weighted by atomic mass is 28.1. The first kappa shape index (κ1) is 19.7. The molecule has 0 aromatic carbocycles. The Kier molecular flexibility index (Phi) is 14.0. The van der Waals surface area contributed by atoms with E-state index in [1.54, 1.807) is 0 Å². The third-order valence-corrected chi connectivity index (χ3v) is 4.67. The SMILES string of the molecule is [SiH3]C#CCCCCCCCCCCCCOC1CCCCO1. The Hall–Kier alpha value is -0.303. The molecule has 0 aromatic rings. The van der Waals surface area contributed by atoms with Crippen molar-refractivity contribution in [1.29, 1.82) is 0 Å². The van der Waals surface area contributed by atoms with Gasteiger partial charge in [-0.05, 0) is 32.1 Å². The second-order valence-electron chi connectivity index (χ2n) is 6.38. The van der Waals surface area contributed by atoms with Crippen molar-refractivity contribution in [2.75, 3.05) is 13.2 Å². The van der Waals surface area contributed by atoms with Crippen LogP contribution in [0.1, 0.15) is 89.9 Å². The van der Waals surface area contributed by atoms with E-state index >= 15 is 0 Å². The fourth-order valence-corrected chi connectivity index (χ4v) is 3.16. The lowest BCUT2D eigenvalue weighted by Crippen LogP contribution is -2.22. The Morgan fingerprint density at radius 3 is 2.09 bits per heavy atom. The molecule has 22 heavy (non-hydrogen) atoms. The quantitative estimate of drug-likeness (QED) is 0.288. The van der Waals surface area contributed by atoms with Gasteiger partial charge < -0.3 is 9.47 Å². The minimum absolute atomic E-state index is 0.0964. The van der Waals surface area contributed by atoms with Crippen LogP contribution in [-0.2, 0) is 9.47 Å². The maximum absolute atomic E-state index is 5.75. The van der Waals surface area contributed by atoms with E-state index in [2.05, 4.69) is 11.5 Å². The van der Waals surface area contributed by atoms with Gasteiger partial charge in [-0.1, -0.05) is 51.4 Å². The van der Waals surface area contributed by atoms with Gasteiger partial charge in [0.2, 0.25) is 0 Å². The maximum atomic E-state index is 5.75. The Morgan fingerprint density at radius 1 is 0.864 bits per heavy atom. The van der Waals surface area contributed by atoms with Crippen LogP contribution in [0.2, 0.25) is 0 Å². The molecular formula is C19H36O2Si. The third-order valence-electron chi connectivity index (χ3n) is 4.31. The normalized spacial score (nSPS) is 18.1. The average molecular weight is 325 g/mol. The fraction of sp³-hybridized carbons (Fsp3) is 0.895. The zero-order valence-electron chi connectivity index (χ0n) is 14.7. The van der Waals surface area contributed by atoms with Crippen molar-refractivity contribution < 1.29 is 9.47 Å². The van der Waals surface area contributed by atoms with Crippen LogP contribution in [0.4, 0.5) is 0 Å². The van der Waals surface area contributed by atoms with Gasteiger partial charge in [0, 0.05) is 19.6 Å². The molecule has 3 heteroatoms. The lowest BCUT2D eigenvalue weighted by Gasteiger charge is -2.22. The van der Waals surface area contributed by atoms with E-state index in [0.717, 1.165) is 36.3 Å². The molecule has 0 bridgehead atoms. The van der Waals surface area contributed by atoms with Gasteiger partial charge in [-0.15, -0.1) is 11.5 Å². The highest BCUT2D eigenvalue weighted by molar-refractivity contribution is 6.22. The van der Waals surface area contributed by atoms with Crippen LogP contribution in [0.15, 0.2) is 0 Å². The number of rotatable bonds is 13. The molecule has 0 radical (unpaired) electrons. The van der Waals surface area contributed by atoms with Crippen molar-refractivity contribution in [1.82, 2.24) is 0 Å². The summed E-state index contributed by atoms with van der Waals surface area (Å²) in [6.45, 7) is 1.77. The van der Waals surface area contributed by atoms with Gasteiger partial charge in [-0.25, -0.2) is 0 Å². The molecule has 1 fully saturated rings. The van der Waals surface area contributed by atoms with Gasteiger partial charge in [0.25, 0.3) is 0 Å². The highest BCUT2D eigenvalue weighted by Gasteiger charge is 2.13. The van der Waals surface area contributed by atoms with Gasteiger partial charge in [0.1, 0.15) is 0 Å². The van der Waals surface area contributed by atoms with Crippen molar-refractivity contribution in [2.24, 2.45) is 0 Å². The Bertz CT molecular complexity index is 290. The van der Waals surface area contributed by atoms with Crippen LogP contribution in [0.3, 0.4) is 0 Å². The summed E-state index contributed by atoms with van der Waals surface area (Å²) in [7, 11) is 1.04. The summed E-state index contributed by atoms with van der Waals surface area (Å²) in [6.07, 6.45) is 18.4. The molecule has 2 nitrogen and oxygen atoms in total. The Balaban J connectivity index is 1.70. The van der Waals surface area contributed by atoms with E-state index in [-0.39, 0.29) is 6.29 Å². The minimum Gasteiger partial charge on any atom is -0.353 e. The van der Waals surface area contributed by atoms with Crippen LogP contribution in [0.25, 0.3) is 0 Å². The standard InChI is InChI=1S/C19H36O2Si/c22-18-14-10-8-6-4-2-1-3-5-7-9-12-16-20-19-15-11-13-17-21-19/h19H,1-13,15-17H2,22H3. The molecule has 1 atom stereocenters. The van der Waals surface area contributed by atoms with E-state index in [1.165, 1.54) is 77.0 Å². The number of hydrogen-bond acceptors (Lipinski definition) is 2. The highest BCUT2D eigenvalue weighted by Crippen LogP contribution is 2.15. The van der Waals surface area contributed by atoms with Gasteiger partial charge in [0.15, 0.2) is 6.29 Å². The summed E-state index contributed by atoms with van der Waals surface area (Å²) in [6, 6.07) is 0. The molecule has 128 valence electrons. The molecule has 0 aromatic heterocycles. The summed E-state index contributed by atoms with van der Waals surface area (Å²) in [5.74, 6) is 3.20. The summed E-state index contributed by atoms with van der Waals surface area (Å²) in [5.41, 5.74) is 3.10. The molecule has 1 heterocycles. The predicted octanol–water partition coefficient (Wildman–Crippen LogP) is 4.15. The van der Waals surface area contributed by atoms with Crippen molar-refractivity contribution >= 4 is 10.2 Å². The minimum atomic E-state index is 0.0964.